The van der Waals surface area contributed by atoms with Gasteiger partial charge in [-0.3, -0.25) is 14.2 Å². The standard InChI is InChI=1S/C25H27FN4O2S2/c1-2-11-30-24(32)22-19-5-3-4-6-20(19)34-23(22)27-25(30)33-16-21(31)29-14-12-28(13-15-29)18-9-7-17(26)8-10-18/h2,7-10H,1,3-6,11-16H2. The van der Waals surface area contributed by atoms with Gasteiger partial charge in [0.15, 0.2) is 5.16 Å². The van der Waals surface area contributed by atoms with E-state index in [1.54, 1.807) is 34.1 Å². The summed E-state index contributed by atoms with van der Waals surface area (Å²) in [5.74, 6) is 0.0178. The lowest BCUT2D eigenvalue weighted by molar-refractivity contribution is -0.128. The van der Waals surface area contributed by atoms with Gasteiger partial charge in [0.1, 0.15) is 10.6 Å². The van der Waals surface area contributed by atoms with Gasteiger partial charge >= 0.3 is 0 Å². The quantitative estimate of drug-likeness (QED) is 0.291. The van der Waals surface area contributed by atoms with E-state index in [0.29, 0.717) is 37.9 Å². The van der Waals surface area contributed by atoms with E-state index >= 15 is 0 Å². The summed E-state index contributed by atoms with van der Waals surface area (Å²) in [7, 11) is 0. The van der Waals surface area contributed by atoms with E-state index in [-0.39, 0.29) is 23.0 Å². The van der Waals surface area contributed by atoms with Crippen molar-refractivity contribution in [2.75, 3.05) is 36.8 Å². The Hall–Kier alpha value is -2.65. The molecule has 5 rings (SSSR count). The van der Waals surface area contributed by atoms with Crippen LogP contribution in [-0.2, 0) is 24.2 Å². The van der Waals surface area contributed by atoms with Crippen LogP contribution >= 0.6 is 23.1 Å². The Morgan fingerprint density at radius 3 is 2.62 bits per heavy atom. The number of fused-ring (bicyclic) bond motifs is 3. The number of benzene rings is 1. The Kier molecular flexibility index (Phi) is 6.74. The number of halogens is 1. The van der Waals surface area contributed by atoms with Crippen molar-refractivity contribution in [1.29, 1.82) is 0 Å². The number of hydrogen-bond acceptors (Lipinski definition) is 6. The number of carbonyl (C=O) groups excluding carboxylic acids is 1. The van der Waals surface area contributed by atoms with Crippen LogP contribution in [-0.4, -0.2) is 52.3 Å². The van der Waals surface area contributed by atoms with E-state index in [0.717, 1.165) is 41.6 Å². The molecule has 0 bridgehead atoms. The van der Waals surface area contributed by atoms with E-state index in [1.165, 1.54) is 34.3 Å². The Labute approximate surface area is 206 Å². The summed E-state index contributed by atoms with van der Waals surface area (Å²) in [6, 6.07) is 6.46. The first kappa shape index (κ1) is 23.1. The topological polar surface area (TPSA) is 58.4 Å². The Bertz CT molecular complexity index is 1280. The molecule has 0 spiro atoms. The number of thiophene rings is 1. The van der Waals surface area contributed by atoms with E-state index in [2.05, 4.69) is 11.5 Å². The second kappa shape index (κ2) is 9.92. The van der Waals surface area contributed by atoms with Gasteiger partial charge in [-0.15, -0.1) is 17.9 Å². The molecule has 34 heavy (non-hydrogen) atoms. The fourth-order valence-electron chi connectivity index (χ4n) is 4.70. The summed E-state index contributed by atoms with van der Waals surface area (Å²) < 4.78 is 14.8. The molecule has 1 saturated heterocycles. The Balaban J connectivity index is 1.28. The van der Waals surface area contributed by atoms with Crippen LogP contribution < -0.4 is 10.5 Å². The lowest BCUT2D eigenvalue weighted by atomic mass is 9.97. The molecule has 2 aliphatic rings. The zero-order valence-electron chi connectivity index (χ0n) is 19.0. The number of carbonyl (C=O) groups is 1. The number of aromatic nitrogens is 2. The van der Waals surface area contributed by atoms with Crippen LogP contribution in [0.4, 0.5) is 10.1 Å². The summed E-state index contributed by atoms with van der Waals surface area (Å²) >= 11 is 2.95. The molecular formula is C25H27FN4O2S2. The van der Waals surface area contributed by atoms with Gasteiger partial charge < -0.3 is 9.80 Å². The van der Waals surface area contributed by atoms with Crippen molar-refractivity contribution >= 4 is 44.9 Å². The SMILES string of the molecule is C=CCn1c(SCC(=O)N2CCN(c3ccc(F)cc3)CC2)nc2sc3c(c2c1=O)CCCC3. The molecule has 9 heteroatoms. The highest BCUT2D eigenvalue weighted by Gasteiger charge is 2.24. The van der Waals surface area contributed by atoms with Crippen molar-refractivity contribution in [2.45, 2.75) is 37.4 Å². The second-order valence-electron chi connectivity index (χ2n) is 8.62. The van der Waals surface area contributed by atoms with Gasteiger partial charge in [0.05, 0.1) is 11.1 Å². The minimum atomic E-state index is -0.251. The molecule has 0 atom stereocenters. The monoisotopic (exact) mass is 498 g/mol. The van der Waals surface area contributed by atoms with Crippen LogP contribution in [0, 0.1) is 5.82 Å². The highest BCUT2D eigenvalue weighted by molar-refractivity contribution is 7.99. The Morgan fingerprint density at radius 2 is 1.88 bits per heavy atom. The third kappa shape index (κ3) is 4.51. The van der Waals surface area contributed by atoms with Gasteiger partial charge in [0, 0.05) is 43.3 Å². The van der Waals surface area contributed by atoms with Crippen LogP contribution in [0.5, 0.6) is 0 Å². The summed E-state index contributed by atoms with van der Waals surface area (Å²) in [6.07, 6.45) is 5.93. The molecule has 1 amide bonds. The fraction of sp³-hybridized carbons (Fsp3) is 0.400. The number of aryl methyl sites for hydroxylation is 2. The molecule has 3 aromatic rings. The van der Waals surface area contributed by atoms with Gasteiger partial charge in [0.25, 0.3) is 5.56 Å². The summed E-state index contributed by atoms with van der Waals surface area (Å²) in [4.78, 5) is 37.2. The minimum Gasteiger partial charge on any atom is -0.368 e. The normalized spacial score (nSPS) is 16.0. The van der Waals surface area contributed by atoms with Gasteiger partial charge in [0.2, 0.25) is 5.91 Å². The number of hydrogen-bond donors (Lipinski definition) is 0. The molecule has 1 aliphatic carbocycles. The fourth-order valence-corrected chi connectivity index (χ4v) is 6.92. The molecule has 0 unspecified atom stereocenters. The van der Waals surface area contributed by atoms with Gasteiger partial charge in [-0.25, -0.2) is 9.37 Å². The predicted molar refractivity (Wildman–Crippen MR) is 137 cm³/mol. The first-order valence-corrected chi connectivity index (χ1v) is 13.4. The predicted octanol–water partition coefficient (Wildman–Crippen LogP) is 4.10. The Morgan fingerprint density at radius 1 is 1.15 bits per heavy atom. The van der Waals surface area contributed by atoms with E-state index in [4.69, 9.17) is 4.98 Å². The average Bonchev–Trinajstić information content (AvgIpc) is 3.24. The van der Waals surface area contributed by atoms with Crippen LogP contribution in [0.1, 0.15) is 23.3 Å². The third-order valence-electron chi connectivity index (χ3n) is 6.50. The molecule has 2 aromatic heterocycles. The van der Waals surface area contributed by atoms with Crippen LogP contribution in [0.15, 0.2) is 46.9 Å². The number of amides is 1. The summed E-state index contributed by atoms with van der Waals surface area (Å²) in [6.45, 7) is 6.81. The molecule has 3 heterocycles. The first-order valence-electron chi connectivity index (χ1n) is 11.6. The van der Waals surface area contributed by atoms with Crippen molar-refractivity contribution in [2.24, 2.45) is 0 Å². The van der Waals surface area contributed by atoms with Crippen molar-refractivity contribution < 1.29 is 9.18 Å². The van der Waals surface area contributed by atoms with E-state index in [1.807, 2.05) is 4.90 Å². The zero-order chi connectivity index (χ0) is 23.7. The molecule has 1 aliphatic heterocycles. The lowest BCUT2D eigenvalue weighted by Crippen LogP contribution is -2.49. The zero-order valence-corrected chi connectivity index (χ0v) is 20.6. The molecule has 178 valence electrons. The van der Waals surface area contributed by atoms with Crippen molar-refractivity contribution in [3.05, 3.63) is 63.5 Å². The highest BCUT2D eigenvalue weighted by Crippen LogP contribution is 2.34. The van der Waals surface area contributed by atoms with Gasteiger partial charge in [-0.1, -0.05) is 17.8 Å². The van der Waals surface area contributed by atoms with Gasteiger partial charge in [-0.05, 0) is 55.5 Å². The maximum Gasteiger partial charge on any atom is 0.263 e. The van der Waals surface area contributed by atoms with Gasteiger partial charge in [-0.2, -0.15) is 0 Å². The number of piperazine rings is 1. The van der Waals surface area contributed by atoms with E-state index in [9.17, 15) is 14.0 Å². The largest absolute Gasteiger partial charge is 0.368 e. The molecular weight excluding hydrogens is 471 g/mol. The molecule has 0 N–H and O–H groups in total. The maximum absolute atomic E-state index is 13.4. The molecule has 1 fully saturated rings. The van der Waals surface area contributed by atoms with Crippen molar-refractivity contribution in [1.82, 2.24) is 14.5 Å². The van der Waals surface area contributed by atoms with Crippen LogP contribution in [0.25, 0.3) is 10.2 Å². The van der Waals surface area contributed by atoms with E-state index < -0.39 is 0 Å². The minimum absolute atomic E-state index is 0.0211. The molecule has 1 aromatic carbocycles. The molecule has 6 nitrogen and oxygen atoms in total. The highest BCUT2D eigenvalue weighted by atomic mass is 32.2. The molecule has 0 saturated carbocycles. The number of rotatable bonds is 6. The first-order chi connectivity index (χ1) is 16.5. The number of allylic oxidation sites excluding steroid dienone is 1. The van der Waals surface area contributed by atoms with Crippen LogP contribution in [0.2, 0.25) is 0 Å². The van der Waals surface area contributed by atoms with Crippen LogP contribution in [0.3, 0.4) is 0 Å². The number of thioether (sulfide) groups is 1. The van der Waals surface area contributed by atoms with Crippen molar-refractivity contribution in [3.8, 4) is 0 Å². The molecule has 0 radical (unpaired) electrons. The number of anilines is 1. The maximum atomic E-state index is 13.4. The summed E-state index contributed by atoms with van der Waals surface area (Å²) in [5, 5.41) is 1.34. The van der Waals surface area contributed by atoms with Crippen molar-refractivity contribution in [3.63, 3.8) is 0 Å². The second-order valence-corrected chi connectivity index (χ2v) is 10.6. The smallest absolute Gasteiger partial charge is 0.263 e. The number of nitrogens with zero attached hydrogens (tertiary/aromatic N) is 4. The lowest BCUT2D eigenvalue weighted by Gasteiger charge is -2.36. The summed E-state index contributed by atoms with van der Waals surface area (Å²) in [5.41, 5.74) is 2.12. The average molecular weight is 499 g/mol. The third-order valence-corrected chi connectivity index (χ3v) is 8.65.